The number of anilines is 2. The van der Waals surface area contributed by atoms with Crippen LogP contribution in [0.1, 0.15) is 50.7 Å². The van der Waals surface area contributed by atoms with Crippen molar-refractivity contribution in [3.63, 3.8) is 0 Å². The minimum Gasteiger partial charge on any atom is -0.368 e. The average molecular weight is 486 g/mol. The van der Waals surface area contributed by atoms with E-state index in [0.717, 1.165) is 68.9 Å². The van der Waals surface area contributed by atoms with Crippen LogP contribution in [-0.4, -0.2) is 43.5 Å². The molecule has 1 fully saturated rings. The number of halogens is 2. The van der Waals surface area contributed by atoms with Gasteiger partial charge in [-0.1, -0.05) is 67.4 Å². The molecular formula is C27H33Cl2N3O. The van der Waals surface area contributed by atoms with Crippen molar-refractivity contribution >= 4 is 46.6 Å². The fourth-order valence-corrected chi connectivity index (χ4v) is 5.15. The van der Waals surface area contributed by atoms with Gasteiger partial charge in [0.25, 0.3) is 0 Å². The molecule has 0 spiro atoms. The lowest BCUT2D eigenvalue weighted by atomic mass is 9.80. The molecule has 4 nitrogen and oxygen atoms in total. The fourth-order valence-electron chi connectivity index (χ4n) is 4.73. The third-order valence-corrected chi connectivity index (χ3v) is 7.63. The van der Waals surface area contributed by atoms with Gasteiger partial charge in [0.05, 0.1) is 15.7 Å². The summed E-state index contributed by atoms with van der Waals surface area (Å²) < 4.78 is 0. The summed E-state index contributed by atoms with van der Waals surface area (Å²) in [5.41, 5.74) is 4.37. The summed E-state index contributed by atoms with van der Waals surface area (Å²) in [4.78, 5) is 16.9. The quantitative estimate of drug-likeness (QED) is 0.466. The number of rotatable bonds is 6. The average Bonchev–Trinajstić information content (AvgIpc) is 2.91. The lowest BCUT2D eigenvalue weighted by molar-refractivity contribution is -0.116. The van der Waals surface area contributed by atoms with E-state index >= 15 is 0 Å². The molecule has 2 aromatic carbocycles. The van der Waals surface area contributed by atoms with E-state index in [1.165, 1.54) is 5.56 Å². The molecule has 0 atom stereocenters. The Hall–Kier alpha value is -2.01. The number of carbonyl (C=O) groups is 1. The predicted octanol–water partition coefficient (Wildman–Crippen LogP) is 6.62. The molecule has 0 unspecified atom stereocenters. The van der Waals surface area contributed by atoms with Crippen molar-refractivity contribution in [2.45, 2.75) is 44.9 Å². The molecule has 1 saturated heterocycles. The highest BCUT2D eigenvalue weighted by molar-refractivity contribution is 6.43. The lowest BCUT2D eigenvalue weighted by Gasteiger charge is -2.36. The first-order valence-corrected chi connectivity index (χ1v) is 12.6. The Balaban J connectivity index is 1.24. The number of nitrogens with one attached hydrogen (secondary N) is 1. The van der Waals surface area contributed by atoms with Crippen molar-refractivity contribution in [1.82, 2.24) is 4.90 Å². The van der Waals surface area contributed by atoms with Gasteiger partial charge >= 0.3 is 0 Å². The first-order valence-electron chi connectivity index (χ1n) is 11.9. The van der Waals surface area contributed by atoms with Gasteiger partial charge in [0.15, 0.2) is 0 Å². The Labute approximate surface area is 207 Å². The first-order chi connectivity index (χ1) is 15.8. The molecule has 4 rings (SSSR count). The van der Waals surface area contributed by atoms with Crippen molar-refractivity contribution in [3.05, 3.63) is 63.6 Å². The van der Waals surface area contributed by atoms with Crippen LogP contribution in [-0.2, 0) is 10.2 Å². The van der Waals surface area contributed by atoms with Crippen molar-refractivity contribution in [1.29, 1.82) is 0 Å². The second-order valence-electron chi connectivity index (χ2n) is 9.68. The van der Waals surface area contributed by atoms with E-state index in [1.807, 2.05) is 18.2 Å². The predicted molar refractivity (Wildman–Crippen MR) is 141 cm³/mol. The number of fused-ring (bicyclic) bond motifs is 1. The number of amides is 1. The zero-order valence-electron chi connectivity index (χ0n) is 19.5. The second-order valence-corrected chi connectivity index (χ2v) is 10.5. The van der Waals surface area contributed by atoms with E-state index in [0.29, 0.717) is 16.5 Å². The molecule has 2 aromatic rings. The fraction of sp³-hybridized carbons (Fsp3) is 0.444. The molecule has 0 saturated carbocycles. The number of piperazine rings is 1. The Kier molecular flexibility index (Phi) is 7.68. The summed E-state index contributed by atoms with van der Waals surface area (Å²) >= 11 is 12.6. The summed E-state index contributed by atoms with van der Waals surface area (Å²) in [6, 6.07) is 12.3. The maximum atomic E-state index is 12.1. The van der Waals surface area contributed by atoms with Crippen LogP contribution in [0.25, 0.3) is 6.08 Å². The molecule has 0 aromatic heterocycles. The smallest absolute Gasteiger partial charge is 0.224 e. The third kappa shape index (κ3) is 5.92. The highest BCUT2D eigenvalue weighted by Crippen LogP contribution is 2.37. The van der Waals surface area contributed by atoms with Crippen LogP contribution in [0.5, 0.6) is 0 Å². The number of nitrogens with zero attached hydrogens (tertiary/aromatic N) is 2. The van der Waals surface area contributed by atoms with Gasteiger partial charge < -0.3 is 10.2 Å². The van der Waals surface area contributed by atoms with Gasteiger partial charge in [-0.2, -0.15) is 0 Å². The summed E-state index contributed by atoms with van der Waals surface area (Å²) in [6.45, 7) is 9.52. The van der Waals surface area contributed by atoms with Crippen molar-refractivity contribution in [2.75, 3.05) is 42.9 Å². The number of carbonyl (C=O) groups excluding carboxylic acids is 1. The van der Waals surface area contributed by atoms with Crippen LogP contribution in [0, 0.1) is 0 Å². The van der Waals surface area contributed by atoms with Gasteiger partial charge in [-0.25, -0.2) is 0 Å². The molecule has 0 bridgehead atoms. The minimum absolute atomic E-state index is 0.0128. The van der Waals surface area contributed by atoms with E-state index in [1.54, 1.807) is 0 Å². The number of hydrogen-bond acceptors (Lipinski definition) is 3. The molecular weight excluding hydrogens is 453 g/mol. The lowest BCUT2D eigenvalue weighted by Crippen LogP contribution is -2.46. The van der Waals surface area contributed by atoms with Gasteiger partial charge in [0.2, 0.25) is 5.91 Å². The maximum absolute atomic E-state index is 12.1. The molecule has 2 heterocycles. The molecule has 33 heavy (non-hydrogen) atoms. The van der Waals surface area contributed by atoms with E-state index in [9.17, 15) is 4.79 Å². The standard InChI is InChI=1S/C27H33Cl2N3O/c1-27(2)13-12-25(33)30-23-19-20(10-11-21(23)27)7-4-3-5-14-31-15-17-32(18-16-31)24-9-6-8-22(28)26(24)29/h4,6-11,19H,3,5,12-18H2,1-2H3,(H,30,33). The monoisotopic (exact) mass is 485 g/mol. The van der Waals surface area contributed by atoms with Gasteiger partial charge in [-0.05, 0) is 60.5 Å². The molecule has 1 amide bonds. The van der Waals surface area contributed by atoms with E-state index in [2.05, 4.69) is 59.3 Å². The van der Waals surface area contributed by atoms with Crippen LogP contribution in [0.4, 0.5) is 11.4 Å². The van der Waals surface area contributed by atoms with Crippen LogP contribution < -0.4 is 10.2 Å². The van der Waals surface area contributed by atoms with Gasteiger partial charge in [0.1, 0.15) is 0 Å². The maximum Gasteiger partial charge on any atom is 0.224 e. The highest BCUT2D eigenvalue weighted by Gasteiger charge is 2.28. The van der Waals surface area contributed by atoms with Crippen LogP contribution in [0.3, 0.4) is 0 Å². The summed E-state index contributed by atoms with van der Waals surface area (Å²) in [5.74, 6) is 0.112. The highest BCUT2D eigenvalue weighted by atomic mass is 35.5. The largest absolute Gasteiger partial charge is 0.368 e. The molecule has 0 aliphatic carbocycles. The van der Waals surface area contributed by atoms with Crippen molar-refractivity contribution in [3.8, 4) is 0 Å². The zero-order chi connectivity index (χ0) is 23.4. The van der Waals surface area contributed by atoms with Crippen molar-refractivity contribution < 1.29 is 4.79 Å². The third-order valence-electron chi connectivity index (χ3n) is 6.82. The topological polar surface area (TPSA) is 35.6 Å². The zero-order valence-corrected chi connectivity index (χ0v) is 21.1. The number of hydrogen-bond donors (Lipinski definition) is 1. The van der Waals surface area contributed by atoms with Gasteiger partial charge in [-0.15, -0.1) is 0 Å². The number of benzene rings is 2. The summed E-state index contributed by atoms with van der Waals surface area (Å²) in [6.07, 6.45) is 8.03. The minimum atomic E-state index is 0.0128. The normalized spacial score (nSPS) is 18.8. The molecule has 2 aliphatic rings. The summed E-state index contributed by atoms with van der Waals surface area (Å²) in [7, 11) is 0. The van der Waals surface area contributed by atoms with Crippen molar-refractivity contribution in [2.24, 2.45) is 0 Å². The Morgan fingerprint density at radius 3 is 2.67 bits per heavy atom. The second kappa shape index (κ2) is 10.5. The SMILES string of the molecule is CC1(C)CCC(=O)Nc2cc(C=CCCCN3CCN(c4cccc(Cl)c4Cl)CC3)ccc21. The Bertz CT molecular complexity index is 1030. The van der Waals surface area contributed by atoms with E-state index in [-0.39, 0.29) is 11.3 Å². The Morgan fingerprint density at radius 1 is 1.09 bits per heavy atom. The molecule has 2 aliphatic heterocycles. The first kappa shape index (κ1) is 24.1. The molecule has 0 radical (unpaired) electrons. The Morgan fingerprint density at radius 2 is 1.88 bits per heavy atom. The van der Waals surface area contributed by atoms with Crippen LogP contribution >= 0.6 is 23.2 Å². The molecule has 176 valence electrons. The number of unbranched alkanes of at least 4 members (excludes halogenated alkanes) is 1. The molecule has 1 N–H and O–H groups in total. The van der Waals surface area contributed by atoms with Crippen LogP contribution in [0.2, 0.25) is 10.0 Å². The number of allylic oxidation sites excluding steroid dienone is 1. The van der Waals surface area contributed by atoms with E-state index in [4.69, 9.17) is 23.2 Å². The van der Waals surface area contributed by atoms with Crippen LogP contribution in [0.15, 0.2) is 42.5 Å². The summed E-state index contributed by atoms with van der Waals surface area (Å²) in [5, 5.41) is 4.35. The molecule has 6 heteroatoms. The van der Waals surface area contributed by atoms with Gasteiger partial charge in [-0.3, -0.25) is 9.69 Å². The van der Waals surface area contributed by atoms with Gasteiger partial charge in [0, 0.05) is 38.3 Å². The van der Waals surface area contributed by atoms with E-state index < -0.39 is 0 Å².